The molecule has 2 rings (SSSR count). The predicted octanol–water partition coefficient (Wildman–Crippen LogP) is 1.11. The number of amides is 2. The molecule has 0 unspecified atom stereocenters. The first-order valence-corrected chi connectivity index (χ1v) is 6.41. The zero-order valence-electron chi connectivity index (χ0n) is 10.1. The number of thioether (sulfide) groups is 1. The summed E-state index contributed by atoms with van der Waals surface area (Å²) in [6, 6.07) is 5.91. The third-order valence-corrected chi connectivity index (χ3v) is 3.54. The quantitative estimate of drug-likeness (QED) is 0.773. The van der Waals surface area contributed by atoms with Gasteiger partial charge >= 0.3 is 0 Å². The van der Waals surface area contributed by atoms with Crippen molar-refractivity contribution in [2.24, 2.45) is 0 Å². The van der Waals surface area contributed by atoms with Gasteiger partial charge in [0.2, 0.25) is 0 Å². The van der Waals surface area contributed by atoms with E-state index < -0.39 is 5.97 Å². The van der Waals surface area contributed by atoms with Crippen LogP contribution in [0.3, 0.4) is 0 Å². The maximum absolute atomic E-state index is 11.8. The molecule has 6 heteroatoms. The van der Waals surface area contributed by atoms with E-state index in [0.717, 1.165) is 16.7 Å². The lowest BCUT2D eigenvalue weighted by Crippen LogP contribution is -2.27. The van der Waals surface area contributed by atoms with E-state index in [0.29, 0.717) is 17.0 Å². The number of benzene rings is 1. The highest BCUT2D eigenvalue weighted by Crippen LogP contribution is 2.31. The molecule has 98 valence electrons. The Morgan fingerprint density at radius 2 is 1.95 bits per heavy atom. The highest BCUT2D eigenvalue weighted by atomic mass is 32.2. The summed E-state index contributed by atoms with van der Waals surface area (Å²) in [4.78, 5) is 35.4. The maximum atomic E-state index is 11.8. The van der Waals surface area contributed by atoms with E-state index >= 15 is 0 Å². The number of nitrogens with zero attached hydrogens (tertiary/aromatic N) is 1. The number of carbonyl (C=O) groups excluding carboxylic acids is 3. The van der Waals surface area contributed by atoms with E-state index in [-0.39, 0.29) is 16.7 Å². The average Bonchev–Trinajstić information content (AvgIpc) is 2.64. The van der Waals surface area contributed by atoms with E-state index in [1.807, 2.05) is 0 Å². The van der Waals surface area contributed by atoms with Crippen molar-refractivity contribution >= 4 is 35.0 Å². The zero-order chi connectivity index (χ0) is 14.0. The monoisotopic (exact) mass is 276 g/mol. The lowest BCUT2D eigenvalue weighted by Gasteiger charge is -2.07. The van der Waals surface area contributed by atoms with Crippen LogP contribution < -0.4 is 5.11 Å². The first kappa shape index (κ1) is 13.4. The molecule has 19 heavy (non-hydrogen) atoms. The number of hydrogen-bond donors (Lipinski definition) is 0. The number of imide groups is 1. The lowest BCUT2D eigenvalue weighted by atomic mass is 10.1. The smallest absolute Gasteiger partial charge is 0.293 e. The Balaban J connectivity index is 2.25. The SMILES string of the molecule is CCN1C(=O)S/C(=C\c2ccc(C(=O)[O-])cc2)C1=O. The Hall–Kier alpha value is -2.08. The van der Waals surface area contributed by atoms with Crippen molar-refractivity contribution in [1.29, 1.82) is 0 Å². The van der Waals surface area contributed by atoms with Gasteiger partial charge in [0.05, 0.1) is 10.9 Å². The first-order valence-electron chi connectivity index (χ1n) is 5.59. The van der Waals surface area contributed by atoms with Crippen LogP contribution in [-0.2, 0) is 4.79 Å². The Kier molecular flexibility index (Phi) is 3.71. The van der Waals surface area contributed by atoms with Crippen LogP contribution in [0.15, 0.2) is 29.2 Å². The molecule has 0 N–H and O–H groups in total. The van der Waals surface area contributed by atoms with E-state index in [2.05, 4.69) is 0 Å². The van der Waals surface area contributed by atoms with Crippen molar-refractivity contribution in [2.45, 2.75) is 6.92 Å². The van der Waals surface area contributed by atoms with Gasteiger partial charge in [0.1, 0.15) is 0 Å². The molecule has 0 aliphatic carbocycles. The summed E-state index contributed by atoms with van der Waals surface area (Å²) in [5.41, 5.74) is 0.727. The Morgan fingerprint density at radius 3 is 2.42 bits per heavy atom. The summed E-state index contributed by atoms with van der Waals surface area (Å²) in [5.74, 6) is -1.57. The minimum atomic E-state index is -1.25. The zero-order valence-corrected chi connectivity index (χ0v) is 10.9. The molecule has 0 spiro atoms. The third-order valence-electron chi connectivity index (χ3n) is 2.63. The van der Waals surface area contributed by atoms with Crippen molar-refractivity contribution in [3.05, 3.63) is 40.3 Å². The van der Waals surface area contributed by atoms with Gasteiger partial charge in [0.15, 0.2) is 0 Å². The number of hydrogen-bond acceptors (Lipinski definition) is 5. The Morgan fingerprint density at radius 1 is 1.32 bits per heavy atom. The molecule has 5 nitrogen and oxygen atoms in total. The second-order valence-corrected chi connectivity index (χ2v) is 4.83. The van der Waals surface area contributed by atoms with Gasteiger partial charge in [-0.1, -0.05) is 24.3 Å². The fourth-order valence-electron chi connectivity index (χ4n) is 1.64. The van der Waals surface area contributed by atoms with Crippen LogP contribution in [0.1, 0.15) is 22.8 Å². The minimum Gasteiger partial charge on any atom is -0.545 e. The van der Waals surface area contributed by atoms with Crippen LogP contribution in [0, 0.1) is 0 Å². The van der Waals surface area contributed by atoms with Crippen LogP contribution >= 0.6 is 11.8 Å². The van der Waals surface area contributed by atoms with E-state index in [9.17, 15) is 19.5 Å². The highest BCUT2D eigenvalue weighted by Gasteiger charge is 2.33. The van der Waals surface area contributed by atoms with Crippen LogP contribution in [-0.4, -0.2) is 28.6 Å². The standard InChI is InChI=1S/C13H11NO4S/c1-2-14-11(15)10(19-13(14)18)7-8-3-5-9(6-4-8)12(16)17/h3-7H,2H2,1H3,(H,16,17)/p-1/b10-7-. The molecular weight excluding hydrogens is 266 g/mol. The van der Waals surface area contributed by atoms with Crippen molar-refractivity contribution in [1.82, 2.24) is 4.90 Å². The van der Waals surface area contributed by atoms with Gasteiger partial charge in [-0.05, 0) is 35.9 Å². The molecule has 2 amide bonds. The van der Waals surface area contributed by atoms with Gasteiger partial charge in [-0.25, -0.2) is 0 Å². The molecule has 0 bridgehead atoms. The molecule has 1 aliphatic heterocycles. The topological polar surface area (TPSA) is 77.5 Å². The van der Waals surface area contributed by atoms with Gasteiger partial charge < -0.3 is 9.90 Å². The van der Waals surface area contributed by atoms with Gasteiger partial charge in [0, 0.05) is 6.54 Å². The fraction of sp³-hybridized carbons (Fsp3) is 0.154. The van der Waals surface area contributed by atoms with Crippen molar-refractivity contribution < 1.29 is 19.5 Å². The maximum Gasteiger partial charge on any atom is 0.293 e. The molecule has 0 saturated carbocycles. The van der Waals surface area contributed by atoms with Gasteiger partial charge in [-0.2, -0.15) is 0 Å². The molecule has 1 aromatic carbocycles. The molecule has 0 aromatic heterocycles. The summed E-state index contributed by atoms with van der Waals surface area (Å²) in [7, 11) is 0. The second-order valence-electron chi connectivity index (χ2n) is 3.84. The van der Waals surface area contributed by atoms with E-state index in [1.54, 1.807) is 25.1 Å². The summed E-state index contributed by atoms with van der Waals surface area (Å²) in [6.07, 6.45) is 1.57. The molecule has 0 atom stereocenters. The summed E-state index contributed by atoms with van der Waals surface area (Å²) >= 11 is 0.882. The molecule has 1 heterocycles. The van der Waals surface area contributed by atoms with E-state index in [4.69, 9.17) is 0 Å². The normalized spacial score (nSPS) is 17.3. The number of carboxylic acids is 1. The van der Waals surface area contributed by atoms with Crippen LogP contribution in [0.2, 0.25) is 0 Å². The molecule has 0 radical (unpaired) electrons. The van der Waals surface area contributed by atoms with Gasteiger partial charge in [0.25, 0.3) is 11.1 Å². The molecule has 1 saturated heterocycles. The Labute approximate surface area is 113 Å². The molecular formula is C13H10NO4S-. The molecule has 1 aromatic rings. The van der Waals surface area contributed by atoms with Crippen molar-refractivity contribution in [3.8, 4) is 0 Å². The van der Waals surface area contributed by atoms with Crippen molar-refractivity contribution in [2.75, 3.05) is 6.54 Å². The highest BCUT2D eigenvalue weighted by molar-refractivity contribution is 8.18. The number of likely N-dealkylation sites (N-methyl/N-ethyl adjacent to an activating group) is 1. The number of carboxylic acid groups (broad SMARTS) is 1. The predicted molar refractivity (Wildman–Crippen MR) is 69.1 cm³/mol. The third kappa shape index (κ3) is 2.68. The average molecular weight is 276 g/mol. The Bertz CT molecular complexity index is 577. The number of rotatable bonds is 3. The van der Waals surface area contributed by atoms with Crippen LogP contribution in [0.4, 0.5) is 4.79 Å². The lowest BCUT2D eigenvalue weighted by molar-refractivity contribution is -0.255. The van der Waals surface area contributed by atoms with Crippen LogP contribution in [0.5, 0.6) is 0 Å². The van der Waals surface area contributed by atoms with Crippen molar-refractivity contribution in [3.63, 3.8) is 0 Å². The largest absolute Gasteiger partial charge is 0.545 e. The fourth-order valence-corrected chi connectivity index (χ4v) is 2.54. The number of aromatic carboxylic acids is 1. The number of carbonyl (C=O) groups is 3. The molecule has 1 aliphatic rings. The summed E-state index contributed by atoms with van der Waals surface area (Å²) < 4.78 is 0. The van der Waals surface area contributed by atoms with Gasteiger partial charge in [-0.3, -0.25) is 14.5 Å². The van der Waals surface area contributed by atoms with Gasteiger partial charge in [-0.15, -0.1) is 0 Å². The van der Waals surface area contributed by atoms with Crippen LogP contribution in [0.25, 0.3) is 6.08 Å². The summed E-state index contributed by atoms with van der Waals surface area (Å²) in [6.45, 7) is 2.07. The second kappa shape index (κ2) is 5.27. The first-order chi connectivity index (χ1) is 9.02. The minimum absolute atomic E-state index is 0.0683. The van der Waals surface area contributed by atoms with E-state index in [1.165, 1.54) is 12.1 Å². The molecule has 1 fully saturated rings. The summed E-state index contributed by atoms with van der Waals surface area (Å²) in [5, 5.41) is 10.3.